The van der Waals surface area contributed by atoms with Crippen molar-refractivity contribution < 1.29 is 0 Å². The minimum atomic E-state index is 0.816. The number of nitrogens with one attached hydrogen (secondary N) is 1. The fourth-order valence-corrected chi connectivity index (χ4v) is 2.14. The molecule has 1 N–H and O–H groups in total. The summed E-state index contributed by atoms with van der Waals surface area (Å²) in [6.07, 6.45) is 0.989. The van der Waals surface area contributed by atoms with Crippen molar-refractivity contribution in [1.82, 2.24) is 9.97 Å². The van der Waals surface area contributed by atoms with E-state index in [2.05, 4.69) is 54.3 Å². The summed E-state index contributed by atoms with van der Waals surface area (Å²) in [5, 5.41) is 3.31. The molecule has 2 rings (SSSR count). The van der Waals surface area contributed by atoms with E-state index in [0.29, 0.717) is 0 Å². The zero-order valence-electron chi connectivity index (χ0n) is 12.1. The van der Waals surface area contributed by atoms with Gasteiger partial charge in [-0.25, -0.2) is 9.97 Å². The lowest BCUT2D eigenvalue weighted by molar-refractivity contribution is 1.04. The Balaban J connectivity index is 2.56. The van der Waals surface area contributed by atoms with Gasteiger partial charge in [-0.1, -0.05) is 31.2 Å². The van der Waals surface area contributed by atoms with Crippen LogP contribution in [0.3, 0.4) is 0 Å². The summed E-state index contributed by atoms with van der Waals surface area (Å²) in [5.41, 5.74) is 4.58. The molecular formula is C16H21N3. The van der Waals surface area contributed by atoms with Gasteiger partial charge in [-0.15, -0.1) is 0 Å². The molecule has 0 fully saturated rings. The molecule has 0 saturated carbocycles. The van der Waals surface area contributed by atoms with Crippen molar-refractivity contribution >= 4 is 5.82 Å². The summed E-state index contributed by atoms with van der Waals surface area (Å²) < 4.78 is 0. The second-order valence-electron chi connectivity index (χ2n) is 4.65. The first-order valence-corrected chi connectivity index (χ1v) is 6.84. The second-order valence-corrected chi connectivity index (χ2v) is 4.65. The third-order valence-corrected chi connectivity index (χ3v) is 3.37. The third-order valence-electron chi connectivity index (χ3n) is 3.37. The van der Waals surface area contributed by atoms with E-state index in [9.17, 15) is 0 Å². The maximum atomic E-state index is 4.68. The van der Waals surface area contributed by atoms with Gasteiger partial charge in [0, 0.05) is 23.4 Å². The van der Waals surface area contributed by atoms with Crippen molar-refractivity contribution in [2.45, 2.75) is 34.1 Å². The Morgan fingerprint density at radius 3 is 2.47 bits per heavy atom. The molecule has 1 aromatic heterocycles. The Morgan fingerprint density at radius 2 is 1.79 bits per heavy atom. The molecule has 0 radical (unpaired) electrons. The van der Waals surface area contributed by atoms with E-state index in [1.54, 1.807) is 0 Å². The van der Waals surface area contributed by atoms with Gasteiger partial charge in [0.05, 0.1) is 0 Å². The molecule has 1 heterocycles. The molecule has 0 amide bonds. The minimum absolute atomic E-state index is 0.816. The number of anilines is 1. The highest BCUT2D eigenvalue weighted by molar-refractivity contribution is 5.63. The number of hydrogen-bond donors (Lipinski definition) is 1. The highest BCUT2D eigenvalue weighted by Gasteiger charge is 2.11. The topological polar surface area (TPSA) is 37.8 Å². The summed E-state index contributed by atoms with van der Waals surface area (Å²) in [6.45, 7) is 9.20. The average molecular weight is 255 g/mol. The van der Waals surface area contributed by atoms with Gasteiger partial charge in [-0.05, 0) is 32.8 Å². The van der Waals surface area contributed by atoms with Crippen molar-refractivity contribution in [2.24, 2.45) is 0 Å². The maximum absolute atomic E-state index is 4.68. The van der Waals surface area contributed by atoms with E-state index in [4.69, 9.17) is 0 Å². The number of rotatable bonds is 4. The van der Waals surface area contributed by atoms with Crippen LogP contribution in [0.1, 0.15) is 30.7 Å². The van der Waals surface area contributed by atoms with Gasteiger partial charge in [0.1, 0.15) is 5.82 Å². The lowest BCUT2D eigenvalue weighted by Gasteiger charge is -2.12. The Labute approximate surface area is 115 Å². The van der Waals surface area contributed by atoms with E-state index in [0.717, 1.165) is 41.4 Å². The van der Waals surface area contributed by atoms with E-state index < -0.39 is 0 Å². The van der Waals surface area contributed by atoms with Crippen LogP contribution >= 0.6 is 0 Å². The molecule has 0 bridgehead atoms. The van der Waals surface area contributed by atoms with Gasteiger partial charge >= 0.3 is 0 Å². The predicted molar refractivity (Wildman–Crippen MR) is 80.5 cm³/mol. The molecule has 0 aliphatic rings. The predicted octanol–water partition coefficient (Wildman–Crippen LogP) is 3.75. The van der Waals surface area contributed by atoms with Gasteiger partial charge < -0.3 is 5.32 Å². The van der Waals surface area contributed by atoms with Crippen molar-refractivity contribution in [3.05, 3.63) is 41.1 Å². The van der Waals surface area contributed by atoms with Crippen LogP contribution in [0.5, 0.6) is 0 Å². The lowest BCUT2D eigenvalue weighted by Crippen LogP contribution is -2.06. The quantitative estimate of drug-likeness (QED) is 0.904. The minimum Gasteiger partial charge on any atom is -0.370 e. The van der Waals surface area contributed by atoms with Crippen LogP contribution in [0, 0.1) is 13.8 Å². The zero-order valence-corrected chi connectivity index (χ0v) is 12.1. The fourth-order valence-electron chi connectivity index (χ4n) is 2.14. The first-order chi connectivity index (χ1) is 9.17. The van der Waals surface area contributed by atoms with Crippen LogP contribution in [-0.4, -0.2) is 16.5 Å². The molecule has 3 nitrogen and oxygen atoms in total. The summed E-state index contributed by atoms with van der Waals surface area (Å²) >= 11 is 0. The largest absolute Gasteiger partial charge is 0.370 e. The summed E-state index contributed by atoms with van der Waals surface area (Å²) in [4.78, 5) is 9.32. The average Bonchev–Trinajstić information content (AvgIpc) is 2.43. The van der Waals surface area contributed by atoms with Gasteiger partial charge in [0.15, 0.2) is 5.82 Å². The fraction of sp³-hybridized carbons (Fsp3) is 0.375. The molecule has 1 aromatic carbocycles. The van der Waals surface area contributed by atoms with Crippen LogP contribution in [0.15, 0.2) is 24.3 Å². The molecule has 0 saturated heterocycles. The number of aryl methyl sites for hydroxylation is 2. The van der Waals surface area contributed by atoms with Crippen LogP contribution in [0.2, 0.25) is 0 Å². The van der Waals surface area contributed by atoms with Gasteiger partial charge in [0.25, 0.3) is 0 Å². The zero-order chi connectivity index (χ0) is 13.8. The normalized spacial score (nSPS) is 10.5. The van der Waals surface area contributed by atoms with Crippen molar-refractivity contribution in [2.75, 3.05) is 11.9 Å². The van der Waals surface area contributed by atoms with Crippen molar-refractivity contribution in [3.8, 4) is 11.4 Å². The molecule has 0 aliphatic heterocycles. The number of aromatic nitrogens is 2. The first-order valence-electron chi connectivity index (χ1n) is 6.84. The lowest BCUT2D eigenvalue weighted by atomic mass is 10.0. The van der Waals surface area contributed by atoms with Crippen LogP contribution in [-0.2, 0) is 6.42 Å². The van der Waals surface area contributed by atoms with Crippen LogP contribution < -0.4 is 5.32 Å². The van der Waals surface area contributed by atoms with Crippen molar-refractivity contribution in [3.63, 3.8) is 0 Å². The van der Waals surface area contributed by atoms with Crippen LogP contribution in [0.4, 0.5) is 5.82 Å². The molecule has 2 aromatic rings. The molecule has 0 unspecified atom stereocenters. The highest BCUT2D eigenvalue weighted by Crippen LogP contribution is 2.24. The van der Waals surface area contributed by atoms with Gasteiger partial charge in [-0.3, -0.25) is 0 Å². The highest BCUT2D eigenvalue weighted by atomic mass is 15.0. The Morgan fingerprint density at radius 1 is 1.05 bits per heavy atom. The summed E-state index contributed by atoms with van der Waals surface area (Å²) in [7, 11) is 0. The van der Waals surface area contributed by atoms with Crippen molar-refractivity contribution in [1.29, 1.82) is 0 Å². The molecular weight excluding hydrogens is 234 g/mol. The van der Waals surface area contributed by atoms with Gasteiger partial charge in [-0.2, -0.15) is 0 Å². The van der Waals surface area contributed by atoms with E-state index >= 15 is 0 Å². The second kappa shape index (κ2) is 5.83. The van der Waals surface area contributed by atoms with E-state index in [1.807, 2.05) is 13.0 Å². The summed E-state index contributed by atoms with van der Waals surface area (Å²) in [5.74, 6) is 1.76. The Hall–Kier alpha value is -1.90. The molecule has 19 heavy (non-hydrogen) atoms. The maximum Gasteiger partial charge on any atom is 0.162 e. The molecule has 100 valence electrons. The Bertz CT molecular complexity index is 576. The number of benzene rings is 1. The monoisotopic (exact) mass is 255 g/mol. The van der Waals surface area contributed by atoms with Gasteiger partial charge in [0.2, 0.25) is 0 Å². The molecule has 0 atom stereocenters. The van der Waals surface area contributed by atoms with E-state index in [1.165, 1.54) is 5.56 Å². The third kappa shape index (κ3) is 2.75. The summed E-state index contributed by atoms with van der Waals surface area (Å²) in [6, 6.07) is 8.34. The number of hydrogen-bond acceptors (Lipinski definition) is 3. The molecule has 0 spiro atoms. The standard InChI is InChI=1S/C16H21N3/c1-5-13-9-7-8-10-14(13)16-18-12(4)11(3)15(19-16)17-6-2/h7-10H,5-6H2,1-4H3,(H,17,18,19). The molecule has 3 heteroatoms. The molecule has 0 aliphatic carbocycles. The SMILES string of the molecule is CCNc1nc(-c2ccccc2CC)nc(C)c1C. The Kier molecular flexibility index (Phi) is 4.15. The van der Waals surface area contributed by atoms with E-state index in [-0.39, 0.29) is 0 Å². The smallest absolute Gasteiger partial charge is 0.162 e. The number of nitrogens with zero attached hydrogens (tertiary/aromatic N) is 2. The first kappa shape index (κ1) is 13.5. The van der Waals surface area contributed by atoms with Crippen LogP contribution in [0.25, 0.3) is 11.4 Å².